The maximum atomic E-state index is 14.4. The molecule has 4 aliphatic heterocycles. The van der Waals surface area contributed by atoms with Gasteiger partial charge in [-0.3, -0.25) is 0 Å². The van der Waals surface area contributed by atoms with E-state index in [1.165, 1.54) is 52.7 Å². The predicted molar refractivity (Wildman–Crippen MR) is 177 cm³/mol. The molecule has 0 atom stereocenters. The minimum absolute atomic E-state index is 0.0193. The van der Waals surface area contributed by atoms with Gasteiger partial charge >= 0.3 is 17.9 Å². The first-order valence-electron chi connectivity index (χ1n) is 15.9. The number of benzene rings is 4. The van der Waals surface area contributed by atoms with E-state index >= 15 is 0 Å². The van der Waals surface area contributed by atoms with Crippen LogP contribution in [0.15, 0.2) is 24.3 Å². The van der Waals surface area contributed by atoms with Crippen LogP contribution in [0.5, 0.6) is 69.0 Å². The standard InChI is InChI=1S/C36H28O18/c1-42-18-5-14(22(30-26(18)47-10-51-30)23-15(34(37)38)6-19(43-2)27-31(23)52-11-48-27)9-46-36(41)17-8-21(45-4)29-33(54-13-50-29)25(17)24-16(35(39)40)7-20(44-3)28-32(24)53-12-49-28/h5-8H,9-13H2,1-4H3,(H,37,38)(H,39,40). The van der Waals surface area contributed by atoms with E-state index < -0.39 is 24.5 Å². The van der Waals surface area contributed by atoms with E-state index in [1.807, 2.05) is 0 Å². The van der Waals surface area contributed by atoms with Crippen LogP contribution in [0.2, 0.25) is 0 Å². The summed E-state index contributed by atoms with van der Waals surface area (Å²) >= 11 is 0. The van der Waals surface area contributed by atoms with Crippen LogP contribution in [0, 0.1) is 0 Å². The van der Waals surface area contributed by atoms with Crippen LogP contribution < -0.4 is 56.8 Å². The lowest BCUT2D eigenvalue weighted by Gasteiger charge is -2.20. The number of aromatic carboxylic acids is 2. The van der Waals surface area contributed by atoms with Crippen molar-refractivity contribution in [2.45, 2.75) is 6.61 Å². The van der Waals surface area contributed by atoms with Gasteiger partial charge in [0.25, 0.3) is 0 Å². The molecule has 4 aromatic rings. The second-order valence-corrected chi connectivity index (χ2v) is 11.6. The largest absolute Gasteiger partial charge is 0.493 e. The summed E-state index contributed by atoms with van der Waals surface area (Å²) in [6, 6.07) is 5.32. The summed E-state index contributed by atoms with van der Waals surface area (Å²) < 4.78 is 73.6. The van der Waals surface area contributed by atoms with Crippen molar-refractivity contribution in [1.29, 1.82) is 0 Å². The van der Waals surface area contributed by atoms with Gasteiger partial charge in [0, 0.05) is 27.8 Å². The molecule has 4 heterocycles. The Hall–Kier alpha value is -7.11. The average Bonchev–Trinajstić information content (AvgIpc) is 4.01. The second kappa shape index (κ2) is 13.1. The van der Waals surface area contributed by atoms with Gasteiger partial charge in [0.15, 0.2) is 46.0 Å². The number of esters is 1. The normalized spacial score (nSPS) is 13.8. The Kier molecular flexibility index (Phi) is 8.27. The molecule has 0 saturated heterocycles. The predicted octanol–water partition coefficient (Wildman–Crippen LogP) is 4.72. The van der Waals surface area contributed by atoms with Crippen molar-refractivity contribution in [2.24, 2.45) is 0 Å². The highest BCUT2D eigenvalue weighted by molar-refractivity contribution is 6.08. The molecule has 0 unspecified atom stereocenters. The van der Waals surface area contributed by atoms with Gasteiger partial charge in [-0.2, -0.15) is 0 Å². The number of rotatable bonds is 11. The van der Waals surface area contributed by atoms with Gasteiger partial charge in [-0.05, 0) is 24.3 Å². The fourth-order valence-electron chi connectivity index (χ4n) is 6.66. The van der Waals surface area contributed by atoms with Crippen molar-refractivity contribution in [2.75, 3.05) is 55.6 Å². The molecule has 8 rings (SSSR count). The van der Waals surface area contributed by atoms with Crippen LogP contribution in [-0.2, 0) is 11.3 Å². The molecule has 54 heavy (non-hydrogen) atoms. The summed E-state index contributed by atoms with van der Waals surface area (Å²) in [7, 11) is 5.43. The maximum Gasteiger partial charge on any atom is 0.339 e. The van der Waals surface area contributed by atoms with Crippen molar-refractivity contribution in [1.82, 2.24) is 0 Å². The molecule has 18 nitrogen and oxygen atoms in total. The number of hydrogen-bond acceptors (Lipinski definition) is 16. The van der Waals surface area contributed by atoms with E-state index in [-0.39, 0.29) is 141 Å². The van der Waals surface area contributed by atoms with Gasteiger partial charge in [-0.1, -0.05) is 0 Å². The SMILES string of the molecule is COc1cc(COC(=O)c2cc(OC)c3c(c2-c2c(C(=O)O)cc(OC)c4c2OCO4)OCO3)c(-c2c(C(=O)O)cc(OC)c3c2OCO3)c2c1OCO2. The van der Waals surface area contributed by atoms with Gasteiger partial charge in [-0.25, -0.2) is 14.4 Å². The first-order chi connectivity index (χ1) is 26.2. The Morgan fingerprint density at radius 2 is 0.796 bits per heavy atom. The van der Waals surface area contributed by atoms with E-state index in [4.69, 9.17) is 61.6 Å². The Morgan fingerprint density at radius 1 is 0.481 bits per heavy atom. The van der Waals surface area contributed by atoms with Gasteiger partial charge in [0.2, 0.25) is 50.2 Å². The summed E-state index contributed by atoms with van der Waals surface area (Å²) in [6.07, 6.45) is 0. The molecule has 2 N–H and O–H groups in total. The lowest BCUT2D eigenvalue weighted by molar-refractivity contribution is 0.0472. The molecule has 4 aliphatic rings. The highest BCUT2D eigenvalue weighted by Gasteiger charge is 2.39. The van der Waals surface area contributed by atoms with Crippen LogP contribution in [-0.4, -0.2) is 83.7 Å². The fraction of sp³-hybridized carbons (Fsp3) is 0.250. The molecule has 0 spiro atoms. The zero-order chi connectivity index (χ0) is 37.8. The summed E-state index contributed by atoms with van der Waals surface area (Å²) in [4.78, 5) is 39.9. The monoisotopic (exact) mass is 748 g/mol. The number of carbonyl (C=O) groups excluding carboxylic acids is 1. The van der Waals surface area contributed by atoms with Crippen molar-refractivity contribution in [3.8, 4) is 91.2 Å². The Balaban J connectivity index is 1.30. The third kappa shape index (κ3) is 5.13. The average molecular weight is 749 g/mol. The molecule has 18 heteroatoms. The molecular weight excluding hydrogens is 720 g/mol. The zero-order valence-corrected chi connectivity index (χ0v) is 28.8. The summed E-state index contributed by atoms with van der Waals surface area (Å²) in [6.45, 7) is -1.54. The van der Waals surface area contributed by atoms with Gasteiger partial charge in [0.05, 0.1) is 45.1 Å². The summed E-state index contributed by atoms with van der Waals surface area (Å²) in [5.74, 6) is -2.62. The second-order valence-electron chi connectivity index (χ2n) is 11.6. The van der Waals surface area contributed by atoms with Crippen molar-refractivity contribution < 1.29 is 86.2 Å². The molecule has 0 fully saturated rings. The minimum Gasteiger partial charge on any atom is -0.493 e. The number of ether oxygens (including phenoxy) is 13. The van der Waals surface area contributed by atoms with E-state index in [0.717, 1.165) is 0 Å². The van der Waals surface area contributed by atoms with E-state index in [9.17, 15) is 24.6 Å². The smallest absolute Gasteiger partial charge is 0.339 e. The van der Waals surface area contributed by atoms with Gasteiger partial charge in [0.1, 0.15) is 6.61 Å². The van der Waals surface area contributed by atoms with Crippen molar-refractivity contribution in [3.05, 3.63) is 46.5 Å². The number of carboxylic acids is 2. The lowest BCUT2D eigenvalue weighted by atomic mass is 9.91. The van der Waals surface area contributed by atoms with Crippen LogP contribution in [0.3, 0.4) is 0 Å². The number of hydrogen-bond donors (Lipinski definition) is 2. The van der Waals surface area contributed by atoms with Crippen LogP contribution in [0.25, 0.3) is 22.3 Å². The fourth-order valence-corrected chi connectivity index (χ4v) is 6.66. The first kappa shape index (κ1) is 34.0. The molecule has 0 aliphatic carbocycles. The Bertz CT molecular complexity index is 2280. The molecule has 0 saturated carbocycles. The topological polar surface area (TPSA) is 212 Å². The molecule has 0 amide bonds. The van der Waals surface area contributed by atoms with E-state index in [2.05, 4.69) is 0 Å². The summed E-state index contributed by atoms with van der Waals surface area (Å²) in [5.41, 5.74) is -0.498. The maximum absolute atomic E-state index is 14.4. The van der Waals surface area contributed by atoms with Crippen molar-refractivity contribution in [3.63, 3.8) is 0 Å². The van der Waals surface area contributed by atoms with Crippen LogP contribution in [0.4, 0.5) is 0 Å². The van der Waals surface area contributed by atoms with Crippen LogP contribution in [0.1, 0.15) is 36.6 Å². The molecule has 0 bridgehead atoms. The quantitative estimate of drug-likeness (QED) is 0.199. The van der Waals surface area contributed by atoms with Crippen LogP contribution >= 0.6 is 0 Å². The molecule has 4 aromatic carbocycles. The number of carbonyl (C=O) groups is 3. The zero-order valence-electron chi connectivity index (χ0n) is 28.8. The molecule has 280 valence electrons. The molecular formula is C36H28O18. The minimum atomic E-state index is -1.38. The highest BCUT2D eigenvalue weighted by Crippen LogP contribution is 2.58. The summed E-state index contributed by atoms with van der Waals surface area (Å²) in [5, 5.41) is 20.7. The third-order valence-corrected chi connectivity index (χ3v) is 8.93. The Morgan fingerprint density at radius 3 is 1.19 bits per heavy atom. The highest BCUT2D eigenvalue weighted by atomic mass is 16.7. The number of methoxy groups -OCH3 is 4. The van der Waals surface area contributed by atoms with E-state index in [0.29, 0.717) is 0 Å². The van der Waals surface area contributed by atoms with Gasteiger partial charge in [-0.15, -0.1) is 0 Å². The Labute approximate surface area is 304 Å². The lowest BCUT2D eigenvalue weighted by Crippen LogP contribution is -2.11. The van der Waals surface area contributed by atoms with Gasteiger partial charge < -0.3 is 71.8 Å². The third-order valence-electron chi connectivity index (χ3n) is 8.93. The molecule has 0 aromatic heterocycles. The van der Waals surface area contributed by atoms with Crippen molar-refractivity contribution >= 4 is 17.9 Å². The van der Waals surface area contributed by atoms with E-state index in [1.54, 1.807) is 0 Å². The first-order valence-corrected chi connectivity index (χ1v) is 15.9. The molecule has 0 radical (unpaired) electrons. The number of fused-ring (bicyclic) bond motifs is 4. The number of carboxylic acid groups (broad SMARTS) is 2.